The van der Waals surface area contributed by atoms with Gasteiger partial charge in [-0.3, -0.25) is 0 Å². The zero-order valence-electron chi connectivity index (χ0n) is 5.13. The fourth-order valence-electron chi connectivity index (χ4n) is 0.301. The fourth-order valence-corrected chi connectivity index (χ4v) is 0.566. The van der Waals surface area contributed by atoms with Gasteiger partial charge in [0.25, 0.3) is 0 Å². The average Bonchev–Trinajstić information content (AvgIpc) is 1.87. The van der Waals surface area contributed by atoms with Crippen LogP contribution in [-0.4, -0.2) is 29.1 Å². The van der Waals surface area contributed by atoms with Gasteiger partial charge in [-0.25, -0.2) is 4.79 Å². The molecule has 9 heavy (non-hydrogen) atoms. The molecule has 1 atom stereocenters. The molecule has 0 fully saturated rings. The maximum Gasteiger partial charge on any atom is 0.335 e. The molecule has 0 spiro atoms. The number of rotatable bonds is 3. The Labute approximate surface area is 62.1 Å². The predicted molar refractivity (Wildman–Crippen MR) is 36.4 cm³/mol. The molecule has 0 aromatic rings. The van der Waals surface area contributed by atoms with Gasteiger partial charge >= 0.3 is 5.97 Å². The Morgan fingerprint density at radius 2 is 2.44 bits per heavy atom. The number of carbonyl (C=O) groups is 1. The van der Waals surface area contributed by atoms with E-state index in [0.717, 1.165) is 0 Å². The van der Waals surface area contributed by atoms with E-state index in [2.05, 4.69) is 20.7 Å². The van der Waals surface area contributed by atoms with Crippen molar-refractivity contribution in [2.75, 3.05) is 11.9 Å². The van der Waals surface area contributed by atoms with Crippen molar-refractivity contribution < 1.29 is 14.6 Å². The Morgan fingerprint density at radius 3 is 2.78 bits per heavy atom. The van der Waals surface area contributed by atoms with Gasteiger partial charge in [-0.05, 0) is 6.92 Å². The first-order valence-corrected chi connectivity index (χ1v) is 3.75. The summed E-state index contributed by atoms with van der Waals surface area (Å²) in [5, 5.41) is 8.96. The molecule has 1 N–H and O–H groups in total. The van der Waals surface area contributed by atoms with Gasteiger partial charge in [-0.1, -0.05) is 15.9 Å². The first-order chi connectivity index (χ1) is 4.22. The van der Waals surface area contributed by atoms with Gasteiger partial charge in [0.05, 0.1) is 6.61 Å². The minimum absolute atomic E-state index is 0.228. The highest BCUT2D eigenvalue weighted by Crippen LogP contribution is 1.92. The number of aliphatic hydroxyl groups excluding tert-OH is 1. The monoisotopic (exact) mass is 196 g/mol. The van der Waals surface area contributed by atoms with Crippen LogP contribution in [0.25, 0.3) is 0 Å². The lowest BCUT2D eigenvalue weighted by Gasteiger charge is -2.04. The van der Waals surface area contributed by atoms with Crippen molar-refractivity contribution in [1.82, 2.24) is 0 Å². The van der Waals surface area contributed by atoms with E-state index in [4.69, 9.17) is 5.11 Å². The van der Waals surface area contributed by atoms with Crippen LogP contribution in [-0.2, 0) is 9.53 Å². The zero-order chi connectivity index (χ0) is 7.28. The van der Waals surface area contributed by atoms with Gasteiger partial charge in [0, 0.05) is 5.33 Å². The largest absolute Gasteiger partial charge is 0.464 e. The van der Waals surface area contributed by atoms with E-state index in [1.807, 2.05) is 0 Å². The van der Waals surface area contributed by atoms with Crippen LogP contribution in [0.15, 0.2) is 0 Å². The normalized spacial score (nSPS) is 12.8. The Hall–Kier alpha value is -0.0900. The molecule has 0 heterocycles. The number of carbonyl (C=O) groups excluding carboxylic acids is 1. The number of hydrogen-bond acceptors (Lipinski definition) is 3. The lowest BCUT2D eigenvalue weighted by atomic mass is 10.4. The summed E-state index contributed by atoms with van der Waals surface area (Å²) in [7, 11) is 0. The van der Waals surface area contributed by atoms with Gasteiger partial charge in [-0.15, -0.1) is 0 Å². The molecule has 1 unspecified atom stereocenters. The average molecular weight is 197 g/mol. The molecule has 0 aliphatic rings. The van der Waals surface area contributed by atoms with Crippen molar-refractivity contribution in [2.24, 2.45) is 0 Å². The second-order valence-electron chi connectivity index (χ2n) is 1.42. The number of aliphatic hydroxyl groups is 1. The molecule has 4 heteroatoms. The van der Waals surface area contributed by atoms with Gasteiger partial charge in [0.1, 0.15) is 0 Å². The van der Waals surface area contributed by atoms with Crippen LogP contribution in [0.1, 0.15) is 6.92 Å². The standard InChI is InChI=1S/C5H9BrO3/c1-2-9-5(8)4(7)3-6/h4,7H,2-3H2,1H3. The Bertz CT molecular complexity index is 94.2. The molecule has 0 rings (SSSR count). The third-order valence-electron chi connectivity index (χ3n) is 0.705. The van der Waals surface area contributed by atoms with Crippen molar-refractivity contribution in [3.8, 4) is 0 Å². The van der Waals surface area contributed by atoms with Crippen LogP contribution in [0.5, 0.6) is 0 Å². The smallest absolute Gasteiger partial charge is 0.335 e. The summed E-state index contributed by atoms with van der Waals surface area (Å²) in [6.45, 7) is 2.00. The van der Waals surface area contributed by atoms with E-state index >= 15 is 0 Å². The first-order valence-electron chi connectivity index (χ1n) is 2.63. The van der Waals surface area contributed by atoms with E-state index in [1.54, 1.807) is 6.92 Å². The molecule has 3 nitrogen and oxygen atoms in total. The molecule has 0 amide bonds. The summed E-state index contributed by atoms with van der Waals surface area (Å²) in [5.41, 5.74) is 0. The number of hydrogen-bond donors (Lipinski definition) is 1. The maximum absolute atomic E-state index is 10.5. The lowest BCUT2D eigenvalue weighted by molar-refractivity contribution is -0.151. The quantitative estimate of drug-likeness (QED) is 0.523. The van der Waals surface area contributed by atoms with Crippen molar-refractivity contribution >= 4 is 21.9 Å². The van der Waals surface area contributed by atoms with Crippen LogP contribution in [0, 0.1) is 0 Å². The molecule has 0 aromatic carbocycles. The summed E-state index contributed by atoms with van der Waals surface area (Å²) in [6.07, 6.45) is -1.02. The van der Waals surface area contributed by atoms with Gasteiger partial charge in [0.15, 0.2) is 6.10 Å². The molecular weight excluding hydrogens is 188 g/mol. The van der Waals surface area contributed by atoms with Crippen LogP contribution in [0.2, 0.25) is 0 Å². The second kappa shape index (κ2) is 4.76. The predicted octanol–water partition coefficient (Wildman–Crippen LogP) is 0.305. The molecular formula is C5H9BrO3. The summed E-state index contributed by atoms with van der Waals surface area (Å²) in [4.78, 5) is 10.5. The number of ether oxygens (including phenoxy) is 1. The van der Waals surface area contributed by atoms with E-state index in [0.29, 0.717) is 6.61 Å². The minimum atomic E-state index is -1.02. The first kappa shape index (κ1) is 8.91. The summed E-state index contributed by atoms with van der Waals surface area (Å²) >= 11 is 2.93. The van der Waals surface area contributed by atoms with Gasteiger partial charge in [-0.2, -0.15) is 0 Å². The molecule has 0 aliphatic heterocycles. The van der Waals surface area contributed by atoms with Crippen LogP contribution in [0.3, 0.4) is 0 Å². The number of halogens is 1. The SMILES string of the molecule is CCOC(=O)C(O)CBr. The molecule has 0 aromatic heterocycles. The molecule has 0 saturated heterocycles. The minimum Gasteiger partial charge on any atom is -0.464 e. The molecule has 0 aliphatic carbocycles. The van der Waals surface area contributed by atoms with Crippen LogP contribution in [0.4, 0.5) is 0 Å². The van der Waals surface area contributed by atoms with Crippen molar-refractivity contribution in [2.45, 2.75) is 13.0 Å². The van der Waals surface area contributed by atoms with Gasteiger partial charge < -0.3 is 9.84 Å². The highest BCUT2D eigenvalue weighted by molar-refractivity contribution is 9.09. The zero-order valence-corrected chi connectivity index (χ0v) is 6.72. The highest BCUT2D eigenvalue weighted by Gasteiger charge is 2.12. The highest BCUT2D eigenvalue weighted by atomic mass is 79.9. The van der Waals surface area contributed by atoms with E-state index in [9.17, 15) is 4.79 Å². The fraction of sp³-hybridized carbons (Fsp3) is 0.800. The van der Waals surface area contributed by atoms with Crippen molar-refractivity contribution in [1.29, 1.82) is 0 Å². The summed E-state index contributed by atoms with van der Waals surface area (Å²) < 4.78 is 4.48. The van der Waals surface area contributed by atoms with Crippen LogP contribution < -0.4 is 0 Å². The second-order valence-corrected chi connectivity index (χ2v) is 2.07. The molecule has 0 saturated carbocycles. The molecule has 54 valence electrons. The third kappa shape index (κ3) is 3.48. The topological polar surface area (TPSA) is 46.5 Å². The van der Waals surface area contributed by atoms with E-state index in [-0.39, 0.29) is 5.33 Å². The van der Waals surface area contributed by atoms with E-state index < -0.39 is 12.1 Å². The van der Waals surface area contributed by atoms with Crippen LogP contribution >= 0.6 is 15.9 Å². The van der Waals surface area contributed by atoms with Crippen molar-refractivity contribution in [3.05, 3.63) is 0 Å². The Balaban J connectivity index is 3.46. The molecule has 0 radical (unpaired) electrons. The number of esters is 1. The summed E-state index contributed by atoms with van der Waals surface area (Å²) in [5.74, 6) is -0.575. The number of alkyl halides is 1. The van der Waals surface area contributed by atoms with Gasteiger partial charge in [0.2, 0.25) is 0 Å². The maximum atomic E-state index is 10.5. The summed E-state index contributed by atoms with van der Waals surface area (Å²) in [6, 6.07) is 0. The molecule has 0 bridgehead atoms. The lowest BCUT2D eigenvalue weighted by Crippen LogP contribution is -2.24. The van der Waals surface area contributed by atoms with Crippen molar-refractivity contribution in [3.63, 3.8) is 0 Å². The Kier molecular flexibility index (Phi) is 4.71. The Morgan fingerprint density at radius 1 is 1.89 bits per heavy atom. The third-order valence-corrected chi connectivity index (χ3v) is 1.32. The van der Waals surface area contributed by atoms with E-state index in [1.165, 1.54) is 0 Å².